The zero-order valence-electron chi connectivity index (χ0n) is 14.3. The molecule has 0 unspecified atom stereocenters. The lowest BCUT2D eigenvalue weighted by Crippen LogP contribution is -2.27. The third kappa shape index (κ3) is 2.70. The van der Waals surface area contributed by atoms with Crippen molar-refractivity contribution in [2.45, 2.75) is 39.0 Å². The van der Waals surface area contributed by atoms with E-state index in [0.717, 1.165) is 16.8 Å². The molecule has 5 nitrogen and oxygen atoms in total. The summed E-state index contributed by atoms with van der Waals surface area (Å²) in [5.41, 5.74) is 5.04. The van der Waals surface area contributed by atoms with Gasteiger partial charge in [0.25, 0.3) is 5.91 Å². The summed E-state index contributed by atoms with van der Waals surface area (Å²) in [5, 5.41) is 5.80. The predicted molar refractivity (Wildman–Crippen MR) is 94.2 cm³/mol. The number of benzene rings is 2. The summed E-state index contributed by atoms with van der Waals surface area (Å²) in [7, 11) is 0. The Morgan fingerprint density at radius 2 is 1.96 bits per heavy atom. The molecule has 0 bridgehead atoms. The maximum atomic E-state index is 12.5. The fraction of sp³-hybridized carbons (Fsp3) is 0.300. The standard InChI is InChI=1S/C20H20N2O3/c1-20(2)16-8-13(5-6-17(16)22-19(20)24)18(23)21-9-12-3-4-14-10-25-11-15(14)7-12/h3-8H,9-11H2,1-2H3,(H,21,23)(H,22,24). The Balaban J connectivity index is 1.49. The normalized spacial score (nSPS) is 17.0. The molecule has 2 amide bonds. The van der Waals surface area contributed by atoms with Gasteiger partial charge in [-0.15, -0.1) is 0 Å². The van der Waals surface area contributed by atoms with E-state index in [1.54, 1.807) is 18.2 Å². The number of hydrogen-bond acceptors (Lipinski definition) is 3. The fourth-order valence-electron chi connectivity index (χ4n) is 3.33. The summed E-state index contributed by atoms with van der Waals surface area (Å²) < 4.78 is 5.41. The molecule has 2 heterocycles. The van der Waals surface area contributed by atoms with Gasteiger partial charge in [0.05, 0.1) is 18.6 Å². The van der Waals surface area contributed by atoms with Crippen LogP contribution in [0.2, 0.25) is 0 Å². The largest absolute Gasteiger partial charge is 0.372 e. The van der Waals surface area contributed by atoms with E-state index in [-0.39, 0.29) is 11.8 Å². The van der Waals surface area contributed by atoms with Crippen molar-refractivity contribution in [2.75, 3.05) is 5.32 Å². The van der Waals surface area contributed by atoms with Crippen molar-refractivity contribution < 1.29 is 14.3 Å². The van der Waals surface area contributed by atoms with E-state index in [9.17, 15) is 9.59 Å². The highest BCUT2D eigenvalue weighted by atomic mass is 16.5. The molecule has 0 spiro atoms. The molecule has 0 fully saturated rings. The molecule has 2 aliphatic rings. The van der Waals surface area contributed by atoms with Gasteiger partial charge in [-0.3, -0.25) is 9.59 Å². The molecule has 0 aromatic heterocycles. The number of carbonyl (C=O) groups excluding carboxylic acids is 2. The second-order valence-electron chi connectivity index (χ2n) is 7.12. The smallest absolute Gasteiger partial charge is 0.251 e. The first-order chi connectivity index (χ1) is 11.9. The van der Waals surface area contributed by atoms with E-state index in [0.29, 0.717) is 25.3 Å². The van der Waals surface area contributed by atoms with E-state index < -0.39 is 5.41 Å². The maximum absolute atomic E-state index is 12.5. The molecule has 2 aliphatic heterocycles. The minimum atomic E-state index is -0.619. The number of fused-ring (bicyclic) bond motifs is 2. The van der Waals surface area contributed by atoms with Gasteiger partial charge in [-0.2, -0.15) is 0 Å². The quantitative estimate of drug-likeness (QED) is 0.906. The number of ether oxygens (including phenoxy) is 1. The van der Waals surface area contributed by atoms with Gasteiger partial charge in [0.1, 0.15) is 0 Å². The van der Waals surface area contributed by atoms with Crippen LogP contribution in [-0.2, 0) is 34.7 Å². The molecule has 0 radical (unpaired) electrons. The lowest BCUT2D eigenvalue weighted by atomic mass is 9.85. The van der Waals surface area contributed by atoms with Crippen molar-refractivity contribution in [1.82, 2.24) is 5.32 Å². The van der Waals surface area contributed by atoms with E-state index >= 15 is 0 Å². The Hall–Kier alpha value is -2.66. The van der Waals surface area contributed by atoms with Crippen LogP contribution in [0.1, 0.15) is 46.5 Å². The summed E-state index contributed by atoms with van der Waals surface area (Å²) in [5.74, 6) is -0.185. The van der Waals surface area contributed by atoms with Crippen LogP contribution < -0.4 is 10.6 Å². The zero-order chi connectivity index (χ0) is 17.6. The van der Waals surface area contributed by atoms with Crippen LogP contribution >= 0.6 is 0 Å². The Morgan fingerprint density at radius 1 is 1.16 bits per heavy atom. The molecule has 0 saturated heterocycles. The third-order valence-corrected chi connectivity index (χ3v) is 5.01. The number of rotatable bonds is 3. The molecule has 2 aromatic carbocycles. The second-order valence-corrected chi connectivity index (χ2v) is 7.12. The maximum Gasteiger partial charge on any atom is 0.251 e. The average molecular weight is 336 g/mol. The number of nitrogens with one attached hydrogen (secondary N) is 2. The van der Waals surface area contributed by atoms with Crippen molar-refractivity contribution in [3.05, 3.63) is 64.2 Å². The van der Waals surface area contributed by atoms with E-state index in [2.05, 4.69) is 22.8 Å². The van der Waals surface area contributed by atoms with Crippen LogP contribution in [0.25, 0.3) is 0 Å². The first kappa shape index (κ1) is 15.8. The molecule has 5 heteroatoms. The highest BCUT2D eigenvalue weighted by Gasteiger charge is 2.38. The van der Waals surface area contributed by atoms with Gasteiger partial charge in [0, 0.05) is 17.8 Å². The summed E-state index contributed by atoms with van der Waals surface area (Å²) in [6, 6.07) is 11.5. The zero-order valence-corrected chi connectivity index (χ0v) is 14.3. The number of carbonyl (C=O) groups is 2. The second kappa shape index (κ2) is 5.70. The summed E-state index contributed by atoms with van der Waals surface area (Å²) in [6.45, 7) is 5.49. The first-order valence-corrected chi connectivity index (χ1v) is 8.38. The van der Waals surface area contributed by atoms with Gasteiger partial charge in [0.2, 0.25) is 5.91 Å². The van der Waals surface area contributed by atoms with E-state index in [1.807, 2.05) is 19.9 Å². The van der Waals surface area contributed by atoms with Gasteiger partial charge >= 0.3 is 0 Å². The van der Waals surface area contributed by atoms with Gasteiger partial charge in [0.15, 0.2) is 0 Å². The molecule has 2 aromatic rings. The summed E-state index contributed by atoms with van der Waals surface area (Å²) >= 11 is 0. The van der Waals surface area contributed by atoms with Crippen LogP contribution in [0, 0.1) is 0 Å². The lowest BCUT2D eigenvalue weighted by Gasteiger charge is -2.15. The van der Waals surface area contributed by atoms with Gasteiger partial charge in [-0.25, -0.2) is 0 Å². The van der Waals surface area contributed by atoms with E-state index in [4.69, 9.17) is 4.74 Å². The van der Waals surface area contributed by atoms with Crippen molar-refractivity contribution in [3.8, 4) is 0 Å². The van der Waals surface area contributed by atoms with Gasteiger partial charge in [-0.1, -0.05) is 18.2 Å². The van der Waals surface area contributed by atoms with Crippen molar-refractivity contribution in [2.24, 2.45) is 0 Å². The molecule has 4 rings (SSSR count). The van der Waals surface area contributed by atoms with Crippen LogP contribution in [0.5, 0.6) is 0 Å². The molecular weight excluding hydrogens is 316 g/mol. The number of anilines is 1. The van der Waals surface area contributed by atoms with Crippen LogP contribution in [0.3, 0.4) is 0 Å². The SMILES string of the molecule is CC1(C)C(=O)Nc2ccc(C(=O)NCc3ccc4c(c3)COC4)cc21. The Morgan fingerprint density at radius 3 is 2.80 bits per heavy atom. The van der Waals surface area contributed by atoms with Crippen molar-refractivity contribution in [3.63, 3.8) is 0 Å². The monoisotopic (exact) mass is 336 g/mol. The van der Waals surface area contributed by atoms with Crippen molar-refractivity contribution in [1.29, 1.82) is 0 Å². The van der Waals surface area contributed by atoms with Gasteiger partial charge in [-0.05, 0) is 54.3 Å². The van der Waals surface area contributed by atoms with Gasteiger partial charge < -0.3 is 15.4 Å². The lowest BCUT2D eigenvalue weighted by molar-refractivity contribution is -0.119. The van der Waals surface area contributed by atoms with E-state index in [1.165, 1.54) is 11.1 Å². The third-order valence-electron chi connectivity index (χ3n) is 5.01. The minimum absolute atomic E-state index is 0.0413. The molecule has 0 atom stereocenters. The van der Waals surface area contributed by atoms with Crippen LogP contribution in [0.15, 0.2) is 36.4 Å². The first-order valence-electron chi connectivity index (χ1n) is 8.38. The van der Waals surface area contributed by atoms with Crippen LogP contribution in [-0.4, -0.2) is 11.8 Å². The summed E-state index contributed by atoms with van der Waals surface area (Å²) in [4.78, 5) is 24.5. The molecular formula is C20H20N2O3. The molecule has 2 N–H and O–H groups in total. The Kier molecular flexibility index (Phi) is 3.62. The Labute approximate surface area is 146 Å². The predicted octanol–water partition coefficient (Wildman–Crippen LogP) is 2.88. The minimum Gasteiger partial charge on any atom is -0.372 e. The number of amides is 2. The molecule has 128 valence electrons. The molecule has 25 heavy (non-hydrogen) atoms. The van der Waals surface area contributed by atoms with Crippen LogP contribution in [0.4, 0.5) is 5.69 Å². The summed E-state index contributed by atoms with van der Waals surface area (Å²) in [6.07, 6.45) is 0. The number of hydrogen-bond donors (Lipinski definition) is 2. The average Bonchev–Trinajstić information content (AvgIpc) is 3.15. The Bertz CT molecular complexity index is 887. The highest BCUT2D eigenvalue weighted by molar-refractivity contribution is 6.07. The fourth-order valence-corrected chi connectivity index (χ4v) is 3.33. The highest BCUT2D eigenvalue weighted by Crippen LogP contribution is 2.37. The topological polar surface area (TPSA) is 67.4 Å². The molecule has 0 aliphatic carbocycles. The van der Waals surface area contributed by atoms with Crippen molar-refractivity contribution >= 4 is 17.5 Å². The molecule has 0 saturated carbocycles.